The Morgan fingerprint density at radius 1 is 1.16 bits per heavy atom. The van der Waals surface area contributed by atoms with Crippen LogP contribution in [0.3, 0.4) is 0 Å². The van der Waals surface area contributed by atoms with Crippen molar-refractivity contribution in [2.75, 3.05) is 10.7 Å². The van der Waals surface area contributed by atoms with E-state index in [1.165, 1.54) is 18.2 Å². The number of halogens is 4. The fourth-order valence-electron chi connectivity index (χ4n) is 1.38. The van der Waals surface area contributed by atoms with Gasteiger partial charge < -0.3 is 10.7 Å². The summed E-state index contributed by atoms with van der Waals surface area (Å²) < 4.78 is 13.9. The Hall–Kier alpha value is -1.08. The topological polar surface area (TPSA) is 63.0 Å². The van der Waals surface area contributed by atoms with Gasteiger partial charge in [-0.05, 0) is 40.2 Å². The Bertz CT molecular complexity index is 624. The lowest BCUT2D eigenvalue weighted by molar-refractivity contribution is 0.628. The maximum absolute atomic E-state index is 13.2. The average Bonchev–Trinajstić information content (AvgIpc) is 2.37. The Kier molecular flexibility index (Phi) is 4.46. The van der Waals surface area contributed by atoms with Crippen molar-refractivity contribution in [2.45, 2.75) is 0 Å². The molecule has 0 aliphatic carbocycles. The van der Waals surface area contributed by atoms with E-state index in [9.17, 15) is 4.39 Å². The molecule has 1 heterocycles. The zero-order valence-electron chi connectivity index (χ0n) is 9.35. The van der Waals surface area contributed by atoms with Gasteiger partial charge in [-0.15, -0.1) is 0 Å². The summed E-state index contributed by atoms with van der Waals surface area (Å²) in [5.74, 6) is 5.47. The molecule has 0 radical (unpaired) electrons. The van der Waals surface area contributed by atoms with E-state index in [4.69, 9.17) is 29.0 Å². The molecule has 0 unspecified atom stereocenters. The normalized spacial score (nSPS) is 10.4. The van der Waals surface area contributed by atoms with Gasteiger partial charge in [-0.3, -0.25) is 0 Å². The van der Waals surface area contributed by atoms with E-state index >= 15 is 0 Å². The van der Waals surface area contributed by atoms with Crippen LogP contribution in [0, 0.1) is 5.82 Å². The minimum Gasteiger partial charge on any atom is -0.338 e. The number of hydrazine groups is 1. The van der Waals surface area contributed by atoms with Crippen molar-refractivity contribution in [3.63, 3.8) is 0 Å². The number of nitrogen functional groups attached to an aromatic ring is 1. The number of aromatic nitrogens is 1. The molecule has 0 atom stereocenters. The van der Waals surface area contributed by atoms with Gasteiger partial charge in [0, 0.05) is 4.47 Å². The zero-order chi connectivity index (χ0) is 14.0. The molecule has 100 valence electrons. The van der Waals surface area contributed by atoms with Gasteiger partial charge in [0.2, 0.25) is 0 Å². The van der Waals surface area contributed by atoms with Gasteiger partial charge in [-0.25, -0.2) is 15.2 Å². The van der Waals surface area contributed by atoms with Crippen LogP contribution < -0.4 is 16.6 Å². The van der Waals surface area contributed by atoms with E-state index in [0.717, 1.165) is 0 Å². The molecule has 0 saturated heterocycles. The average molecular weight is 366 g/mol. The summed E-state index contributed by atoms with van der Waals surface area (Å²) in [6, 6.07) is 5.70. The highest BCUT2D eigenvalue weighted by Gasteiger charge is 2.10. The standard InChI is InChI=1S/C11H8BrCl2FN4/c12-6-2-1-5(15)3-9(6)17-10-7(13)4-8(14)11(18-10)19-16/h1-4H,16H2,(H2,17,18,19). The van der Waals surface area contributed by atoms with E-state index in [1.54, 1.807) is 6.07 Å². The van der Waals surface area contributed by atoms with Crippen LogP contribution in [0.1, 0.15) is 0 Å². The Labute approximate surface area is 127 Å². The fraction of sp³-hybridized carbons (Fsp3) is 0. The number of rotatable bonds is 3. The number of hydrogen-bond acceptors (Lipinski definition) is 4. The second-order valence-corrected chi connectivity index (χ2v) is 5.21. The second kappa shape index (κ2) is 5.92. The summed E-state index contributed by atoms with van der Waals surface area (Å²) in [6.45, 7) is 0. The van der Waals surface area contributed by atoms with E-state index in [0.29, 0.717) is 21.0 Å². The van der Waals surface area contributed by atoms with Crippen molar-refractivity contribution >= 4 is 56.5 Å². The molecule has 4 nitrogen and oxygen atoms in total. The lowest BCUT2D eigenvalue weighted by Gasteiger charge is -2.12. The molecule has 0 spiro atoms. The van der Waals surface area contributed by atoms with Crippen LogP contribution in [0.25, 0.3) is 0 Å². The minimum atomic E-state index is -0.382. The van der Waals surface area contributed by atoms with Crippen LogP contribution in [-0.2, 0) is 0 Å². The molecule has 19 heavy (non-hydrogen) atoms. The SMILES string of the molecule is NNc1nc(Nc2cc(F)ccc2Br)c(Cl)cc1Cl. The number of anilines is 3. The van der Waals surface area contributed by atoms with Crippen LogP contribution in [-0.4, -0.2) is 4.98 Å². The van der Waals surface area contributed by atoms with Gasteiger partial charge in [0.1, 0.15) is 5.82 Å². The van der Waals surface area contributed by atoms with E-state index in [2.05, 4.69) is 31.7 Å². The third-order valence-corrected chi connectivity index (χ3v) is 3.52. The number of pyridine rings is 1. The molecular formula is C11H8BrCl2FN4. The third-order valence-electron chi connectivity index (χ3n) is 2.25. The summed E-state index contributed by atoms with van der Waals surface area (Å²) in [5.41, 5.74) is 2.83. The van der Waals surface area contributed by atoms with Crippen LogP contribution in [0.5, 0.6) is 0 Å². The van der Waals surface area contributed by atoms with Gasteiger partial charge in [-0.1, -0.05) is 23.2 Å². The van der Waals surface area contributed by atoms with E-state index < -0.39 is 0 Å². The highest BCUT2D eigenvalue weighted by atomic mass is 79.9. The monoisotopic (exact) mass is 364 g/mol. The summed E-state index contributed by atoms with van der Waals surface area (Å²) in [5, 5.41) is 3.48. The number of benzene rings is 1. The summed E-state index contributed by atoms with van der Waals surface area (Å²) in [6.07, 6.45) is 0. The number of nitrogens with two attached hydrogens (primary N) is 1. The molecule has 8 heteroatoms. The maximum Gasteiger partial charge on any atom is 0.161 e. The fourth-order valence-corrected chi connectivity index (χ4v) is 2.18. The molecular weight excluding hydrogens is 358 g/mol. The quantitative estimate of drug-likeness (QED) is 0.560. The Morgan fingerprint density at radius 2 is 1.84 bits per heavy atom. The number of nitrogens with one attached hydrogen (secondary N) is 2. The number of hydrogen-bond donors (Lipinski definition) is 3. The van der Waals surface area contributed by atoms with Gasteiger partial charge in [0.05, 0.1) is 15.7 Å². The Balaban J connectivity index is 2.40. The van der Waals surface area contributed by atoms with Crippen LogP contribution in [0.15, 0.2) is 28.7 Å². The minimum absolute atomic E-state index is 0.265. The maximum atomic E-state index is 13.2. The first-order valence-electron chi connectivity index (χ1n) is 5.06. The van der Waals surface area contributed by atoms with Crippen LogP contribution >= 0.6 is 39.1 Å². The van der Waals surface area contributed by atoms with Crippen molar-refractivity contribution < 1.29 is 4.39 Å². The predicted molar refractivity (Wildman–Crippen MR) is 79.4 cm³/mol. The summed E-state index contributed by atoms with van der Waals surface area (Å²) in [4.78, 5) is 4.10. The lowest BCUT2D eigenvalue weighted by atomic mass is 10.3. The van der Waals surface area contributed by atoms with E-state index in [-0.39, 0.29) is 16.7 Å². The van der Waals surface area contributed by atoms with Gasteiger partial charge in [0.25, 0.3) is 0 Å². The van der Waals surface area contributed by atoms with Crippen molar-refractivity contribution in [2.24, 2.45) is 5.84 Å². The summed E-state index contributed by atoms with van der Waals surface area (Å²) in [7, 11) is 0. The zero-order valence-corrected chi connectivity index (χ0v) is 12.4. The van der Waals surface area contributed by atoms with Crippen molar-refractivity contribution in [3.8, 4) is 0 Å². The van der Waals surface area contributed by atoms with Crippen LogP contribution in [0.2, 0.25) is 10.0 Å². The molecule has 0 bridgehead atoms. The Morgan fingerprint density at radius 3 is 2.53 bits per heavy atom. The molecule has 0 saturated carbocycles. The van der Waals surface area contributed by atoms with Crippen molar-refractivity contribution in [1.29, 1.82) is 0 Å². The van der Waals surface area contributed by atoms with Gasteiger partial charge in [0.15, 0.2) is 11.6 Å². The van der Waals surface area contributed by atoms with Gasteiger partial charge >= 0.3 is 0 Å². The van der Waals surface area contributed by atoms with Crippen molar-refractivity contribution in [3.05, 3.63) is 44.6 Å². The second-order valence-electron chi connectivity index (χ2n) is 3.54. The van der Waals surface area contributed by atoms with Gasteiger partial charge in [-0.2, -0.15) is 0 Å². The highest BCUT2D eigenvalue weighted by molar-refractivity contribution is 9.10. The predicted octanol–water partition coefficient (Wildman–Crippen LogP) is 4.32. The first kappa shape index (κ1) is 14.3. The summed E-state index contributed by atoms with van der Waals surface area (Å²) >= 11 is 15.2. The molecule has 0 amide bonds. The molecule has 2 aromatic rings. The molecule has 1 aromatic carbocycles. The molecule has 0 aliphatic heterocycles. The number of nitrogens with zero attached hydrogens (tertiary/aromatic N) is 1. The first-order chi connectivity index (χ1) is 9.01. The molecule has 0 fully saturated rings. The van der Waals surface area contributed by atoms with E-state index in [1.807, 2.05) is 0 Å². The molecule has 1 aromatic heterocycles. The third kappa shape index (κ3) is 3.27. The smallest absolute Gasteiger partial charge is 0.161 e. The van der Waals surface area contributed by atoms with Crippen LogP contribution in [0.4, 0.5) is 21.7 Å². The molecule has 4 N–H and O–H groups in total. The molecule has 0 aliphatic rings. The van der Waals surface area contributed by atoms with Crippen molar-refractivity contribution in [1.82, 2.24) is 4.98 Å². The molecule has 2 rings (SSSR count). The highest BCUT2D eigenvalue weighted by Crippen LogP contribution is 2.33. The first-order valence-corrected chi connectivity index (χ1v) is 6.61. The largest absolute Gasteiger partial charge is 0.338 e. The lowest BCUT2D eigenvalue weighted by Crippen LogP contribution is -2.10.